The van der Waals surface area contributed by atoms with Crippen LogP contribution in [0.25, 0.3) is 5.69 Å². The number of nitrogens with one attached hydrogen (secondary N) is 2. The lowest BCUT2D eigenvalue weighted by Crippen LogP contribution is -2.32. The van der Waals surface area contributed by atoms with Crippen LogP contribution >= 0.6 is 0 Å². The molecule has 36 heavy (non-hydrogen) atoms. The molecule has 1 aliphatic heterocycles. The highest BCUT2D eigenvalue weighted by Crippen LogP contribution is 2.38. The summed E-state index contributed by atoms with van der Waals surface area (Å²) in [5.74, 6) is 1.85. The number of methoxy groups -OCH3 is 2. The molecule has 0 saturated carbocycles. The minimum Gasteiger partial charge on any atom is -0.494 e. The van der Waals surface area contributed by atoms with Crippen molar-refractivity contribution >= 4 is 16.0 Å². The summed E-state index contributed by atoms with van der Waals surface area (Å²) < 4.78 is 42.7. The first-order valence-corrected chi connectivity index (χ1v) is 13.5. The van der Waals surface area contributed by atoms with Crippen molar-refractivity contribution in [2.45, 2.75) is 50.7 Å². The molecular weight excluding hydrogens is 482 g/mol. The van der Waals surface area contributed by atoms with E-state index in [2.05, 4.69) is 30.2 Å². The highest BCUT2D eigenvalue weighted by atomic mass is 32.2. The summed E-state index contributed by atoms with van der Waals surface area (Å²) in [6, 6.07) is 5.40. The number of ether oxygens (including phenoxy) is 2. The van der Waals surface area contributed by atoms with E-state index >= 15 is 0 Å². The van der Waals surface area contributed by atoms with E-state index < -0.39 is 21.2 Å². The van der Waals surface area contributed by atoms with Crippen molar-refractivity contribution in [2.75, 3.05) is 32.0 Å². The topological polar surface area (TPSA) is 133 Å². The first-order valence-electron chi connectivity index (χ1n) is 11.9. The average Bonchev–Trinajstić information content (AvgIpc) is 3.30. The standard InChI is InChI=1S/C24H33N7O4S/c1-15-13-26-22(27-14-15)16(2)17(3)36(32,33)30-24-29-28-23(18-9-11-25-12-10-18)31(24)21-19(34-4)7-6-8-20(21)35-5/h6-8,13-14,16-18,25H,9-12H2,1-5H3,(H,29,30). The number of piperidine rings is 1. The van der Waals surface area contributed by atoms with E-state index in [-0.39, 0.29) is 11.9 Å². The molecule has 11 nitrogen and oxygen atoms in total. The van der Waals surface area contributed by atoms with Gasteiger partial charge in [-0.25, -0.2) is 18.4 Å². The Morgan fingerprint density at radius 1 is 1.06 bits per heavy atom. The van der Waals surface area contributed by atoms with Crippen molar-refractivity contribution in [2.24, 2.45) is 0 Å². The molecule has 2 atom stereocenters. The molecule has 3 heterocycles. The Balaban J connectivity index is 1.77. The number of hydrogen-bond donors (Lipinski definition) is 2. The first-order chi connectivity index (χ1) is 17.3. The summed E-state index contributed by atoms with van der Waals surface area (Å²) in [7, 11) is -0.790. The molecule has 12 heteroatoms. The maximum Gasteiger partial charge on any atom is 0.243 e. The molecule has 0 spiro atoms. The number of hydrogen-bond acceptors (Lipinski definition) is 9. The molecule has 1 aromatic carbocycles. The van der Waals surface area contributed by atoms with Crippen LogP contribution in [-0.4, -0.2) is 65.7 Å². The second-order valence-electron chi connectivity index (χ2n) is 9.01. The van der Waals surface area contributed by atoms with E-state index in [0.29, 0.717) is 28.8 Å². The van der Waals surface area contributed by atoms with Gasteiger partial charge in [0.2, 0.25) is 16.0 Å². The van der Waals surface area contributed by atoms with Crippen LogP contribution in [0.3, 0.4) is 0 Å². The second kappa shape index (κ2) is 10.8. The van der Waals surface area contributed by atoms with Gasteiger partial charge in [0.15, 0.2) is 0 Å². The normalized spacial score (nSPS) is 16.4. The molecule has 0 radical (unpaired) electrons. The van der Waals surface area contributed by atoms with Crippen molar-refractivity contribution in [3.63, 3.8) is 0 Å². The predicted molar refractivity (Wildman–Crippen MR) is 136 cm³/mol. The summed E-state index contributed by atoms with van der Waals surface area (Å²) in [4.78, 5) is 8.64. The lowest BCUT2D eigenvalue weighted by molar-refractivity contribution is 0.388. The van der Waals surface area contributed by atoms with Gasteiger partial charge in [-0.3, -0.25) is 9.29 Å². The lowest BCUT2D eigenvalue weighted by atomic mass is 9.97. The molecule has 3 aromatic rings. The van der Waals surface area contributed by atoms with Gasteiger partial charge < -0.3 is 14.8 Å². The van der Waals surface area contributed by atoms with Crippen molar-refractivity contribution in [3.8, 4) is 17.2 Å². The van der Waals surface area contributed by atoms with E-state index in [4.69, 9.17) is 9.47 Å². The molecule has 0 amide bonds. The second-order valence-corrected chi connectivity index (χ2v) is 11.0. The predicted octanol–water partition coefficient (Wildman–Crippen LogP) is 2.78. The minimum atomic E-state index is -3.91. The molecule has 2 aromatic heterocycles. The molecular formula is C24H33N7O4S. The van der Waals surface area contributed by atoms with Gasteiger partial charge in [0.1, 0.15) is 28.8 Å². The number of rotatable bonds is 9. The van der Waals surface area contributed by atoms with E-state index in [1.807, 2.05) is 13.0 Å². The van der Waals surface area contributed by atoms with Crippen LogP contribution in [0.4, 0.5) is 5.95 Å². The third kappa shape index (κ3) is 5.14. The summed E-state index contributed by atoms with van der Waals surface area (Å²) in [6.45, 7) is 6.99. The Hall–Kier alpha value is -3.25. The fraction of sp³-hybridized carbons (Fsp3) is 0.500. The monoisotopic (exact) mass is 515 g/mol. The van der Waals surface area contributed by atoms with Crippen LogP contribution in [0.5, 0.6) is 11.5 Å². The van der Waals surface area contributed by atoms with Crippen molar-refractivity contribution in [1.82, 2.24) is 30.0 Å². The van der Waals surface area contributed by atoms with Gasteiger partial charge in [0.05, 0.1) is 19.5 Å². The zero-order valence-corrected chi connectivity index (χ0v) is 22.0. The highest BCUT2D eigenvalue weighted by Gasteiger charge is 2.33. The number of aromatic nitrogens is 5. The number of aryl methyl sites for hydroxylation is 1. The Labute approximate surface area is 211 Å². The van der Waals surface area contributed by atoms with Crippen LogP contribution in [0.2, 0.25) is 0 Å². The van der Waals surface area contributed by atoms with Crippen LogP contribution < -0.4 is 19.5 Å². The minimum absolute atomic E-state index is 0.0789. The van der Waals surface area contributed by atoms with Gasteiger partial charge in [-0.15, -0.1) is 10.2 Å². The molecule has 2 N–H and O–H groups in total. The molecule has 1 saturated heterocycles. The third-order valence-electron chi connectivity index (χ3n) is 6.65. The first kappa shape index (κ1) is 25.8. The Kier molecular flexibility index (Phi) is 7.74. The molecule has 4 rings (SSSR count). The van der Waals surface area contributed by atoms with Gasteiger partial charge in [-0.05, 0) is 57.5 Å². The molecule has 0 aliphatic carbocycles. The maximum atomic E-state index is 13.5. The van der Waals surface area contributed by atoms with Gasteiger partial charge >= 0.3 is 0 Å². The Morgan fingerprint density at radius 2 is 1.67 bits per heavy atom. The molecule has 194 valence electrons. The zero-order chi connectivity index (χ0) is 25.9. The summed E-state index contributed by atoms with van der Waals surface area (Å²) in [6.07, 6.45) is 5.06. The number of benzene rings is 1. The van der Waals surface area contributed by atoms with Crippen molar-refractivity contribution < 1.29 is 17.9 Å². The highest BCUT2D eigenvalue weighted by molar-refractivity contribution is 7.93. The van der Waals surface area contributed by atoms with E-state index in [1.54, 1.807) is 57.2 Å². The summed E-state index contributed by atoms with van der Waals surface area (Å²) in [5.41, 5.74) is 1.45. The summed E-state index contributed by atoms with van der Waals surface area (Å²) >= 11 is 0. The van der Waals surface area contributed by atoms with Crippen molar-refractivity contribution in [1.29, 1.82) is 0 Å². The Bertz CT molecular complexity index is 1270. The fourth-order valence-electron chi connectivity index (χ4n) is 4.32. The van der Waals surface area contributed by atoms with Crippen molar-refractivity contribution in [3.05, 3.63) is 47.8 Å². The fourth-order valence-corrected chi connectivity index (χ4v) is 5.55. The van der Waals surface area contributed by atoms with Gasteiger partial charge in [0.25, 0.3) is 0 Å². The van der Waals surface area contributed by atoms with Gasteiger partial charge in [-0.2, -0.15) is 0 Å². The van der Waals surface area contributed by atoms with Crippen LogP contribution in [0, 0.1) is 6.92 Å². The van der Waals surface area contributed by atoms with E-state index in [1.165, 1.54) is 0 Å². The molecule has 0 bridgehead atoms. The Morgan fingerprint density at radius 3 is 2.25 bits per heavy atom. The van der Waals surface area contributed by atoms with Gasteiger partial charge in [0, 0.05) is 24.2 Å². The number of sulfonamides is 1. The van der Waals surface area contributed by atoms with E-state index in [0.717, 1.165) is 31.5 Å². The van der Waals surface area contributed by atoms with Crippen LogP contribution in [-0.2, 0) is 10.0 Å². The summed E-state index contributed by atoms with van der Waals surface area (Å²) in [5, 5.41) is 11.2. The van der Waals surface area contributed by atoms with Crippen LogP contribution in [0.15, 0.2) is 30.6 Å². The zero-order valence-electron chi connectivity index (χ0n) is 21.2. The van der Waals surface area contributed by atoms with Crippen LogP contribution in [0.1, 0.15) is 55.7 Å². The number of nitrogens with zero attached hydrogens (tertiary/aromatic N) is 5. The third-order valence-corrected chi connectivity index (χ3v) is 8.51. The number of anilines is 1. The molecule has 1 aliphatic rings. The molecule has 1 fully saturated rings. The lowest BCUT2D eigenvalue weighted by Gasteiger charge is -2.25. The largest absolute Gasteiger partial charge is 0.494 e. The van der Waals surface area contributed by atoms with Gasteiger partial charge in [-0.1, -0.05) is 13.0 Å². The molecule has 2 unspecified atom stereocenters. The maximum absolute atomic E-state index is 13.5. The SMILES string of the molecule is COc1cccc(OC)c1-n1c(NS(=O)(=O)C(C)C(C)c2ncc(C)cn2)nnc1C1CCNCC1. The smallest absolute Gasteiger partial charge is 0.243 e. The average molecular weight is 516 g/mol. The number of para-hydroxylation sites is 1. The van der Waals surface area contributed by atoms with E-state index in [9.17, 15) is 8.42 Å². The quantitative estimate of drug-likeness (QED) is 0.441.